The van der Waals surface area contributed by atoms with E-state index in [2.05, 4.69) is 30.1 Å². The van der Waals surface area contributed by atoms with Gasteiger partial charge in [-0.05, 0) is 26.2 Å². The Bertz CT molecular complexity index is 1320. The maximum absolute atomic E-state index is 14.1. The van der Waals surface area contributed by atoms with Crippen molar-refractivity contribution in [1.29, 1.82) is 0 Å². The average Bonchev–Trinajstić information content (AvgIpc) is 3.50. The number of aromatic nitrogens is 7. The third kappa shape index (κ3) is 5.50. The first-order chi connectivity index (χ1) is 17.7. The highest BCUT2D eigenvalue weighted by molar-refractivity contribution is 7.91. The van der Waals surface area contributed by atoms with Crippen molar-refractivity contribution >= 4 is 21.4 Å². The van der Waals surface area contributed by atoms with Gasteiger partial charge in [0.25, 0.3) is 0 Å². The largest absolute Gasteiger partial charge is 0.479 e. The van der Waals surface area contributed by atoms with Crippen LogP contribution < -0.4 is 9.47 Å². The lowest BCUT2D eigenvalue weighted by Crippen LogP contribution is -2.30. The fourth-order valence-corrected chi connectivity index (χ4v) is 5.92. The minimum atomic E-state index is -3.93. The van der Waals surface area contributed by atoms with Crippen molar-refractivity contribution in [2.24, 2.45) is 0 Å². The Kier molecular flexibility index (Phi) is 8.19. The molecule has 200 valence electrons. The number of ether oxygens (including phenoxy) is 3. The molecular weight excluding hydrogens is 529 g/mol. The summed E-state index contributed by atoms with van der Waals surface area (Å²) in [4.78, 5) is 16.5. The minimum absolute atomic E-state index is 0.0717. The summed E-state index contributed by atoms with van der Waals surface area (Å²) in [7, 11) is 0.269. The molecule has 3 aromatic heterocycles. The molecule has 3 heterocycles. The van der Waals surface area contributed by atoms with Crippen LogP contribution in [0, 0.1) is 0 Å². The first-order valence-corrected chi connectivity index (χ1v) is 13.5. The molecule has 4 rings (SSSR count). The maximum atomic E-state index is 14.1. The van der Waals surface area contributed by atoms with Gasteiger partial charge in [-0.25, -0.2) is 22.8 Å². The second-order valence-electron chi connectivity index (χ2n) is 8.59. The summed E-state index contributed by atoms with van der Waals surface area (Å²) < 4.78 is 59.2. The Morgan fingerprint density at radius 3 is 2.27 bits per heavy atom. The molecule has 0 bridgehead atoms. The Balaban J connectivity index is 1.78. The maximum Gasteiger partial charge on any atom is 0.245 e. The van der Waals surface area contributed by atoms with E-state index in [1.807, 2.05) is 0 Å². The van der Waals surface area contributed by atoms with Gasteiger partial charge >= 0.3 is 0 Å². The van der Waals surface area contributed by atoms with Gasteiger partial charge in [0.15, 0.2) is 27.2 Å². The SMILES string of the molecule is COc1ncnc(OC)c1-n1c(CS(=O)(=O)[C@@H](C)[C@H](OC)c2ncc(Cl)cn2)nnc1[C@H]1CC[C@@H](F)C1. The second-order valence-corrected chi connectivity index (χ2v) is 11.4. The Labute approximate surface area is 218 Å². The number of hydrogen-bond acceptors (Lipinski definition) is 11. The molecular formula is C22H27ClFN7O5S. The fourth-order valence-electron chi connectivity index (χ4n) is 4.41. The van der Waals surface area contributed by atoms with E-state index < -0.39 is 33.1 Å². The van der Waals surface area contributed by atoms with Crippen LogP contribution in [0.25, 0.3) is 5.69 Å². The predicted molar refractivity (Wildman–Crippen MR) is 130 cm³/mol. The van der Waals surface area contributed by atoms with E-state index in [9.17, 15) is 12.8 Å². The minimum Gasteiger partial charge on any atom is -0.479 e. The molecule has 3 aromatic rings. The van der Waals surface area contributed by atoms with Crippen molar-refractivity contribution in [2.45, 2.75) is 55.4 Å². The van der Waals surface area contributed by atoms with Crippen LogP contribution in [0.5, 0.6) is 11.8 Å². The number of sulfone groups is 1. The highest BCUT2D eigenvalue weighted by atomic mass is 35.5. The van der Waals surface area contributed by atoms with Crippen LogP contribution in [0.2, 0.25) is 5.02 Å². The van der Waals surface area contributed by atoms with Crippen LogP contribution in [-0.2, 0) is 20.3 Å². The van der Waals surface area contributed by atoms with Crippen LogP contribution in [0.1, 0.15) is 55.7 Å². The van der Waals surface area contributed by atoms with Gasteiger partial charge in [0.05, 0.1) is 24.5 Å². The number of hydrogen-bond donors (Lipinski definition) is 0. The van der Waals surface area contributed by atoms with Crippen LogP contribution in [-0.4, -0.2) is 75.9 Å². The third-order valence-electron chi connectivity index (χ3n) is 6.33. The van der Waals surface area contributed by atoms with Gasteiger partial charge < -0.3 is 14.2 Å². The normalized spacial score (nSPS) is 19.5. The van der Waals surface area contributed by atoms with E-state index in [4.69, 9.17) is 25.8 Å². The molecule has 0 amide bonds. The predicted octanol–water partition coefficient (Wildman–Crippen LogP) is 2.81. The molecule has 0 spiro atoms. The molecule has 1 aliphatic rings. The Hall–Kier alpha value is -2.97. The summed E-state index contributed by atoms with van der Waals surface area (Å²) in [5.41, 5.74) is 0.233. The van der Waals surface area contributed by atoms with Crippen molar-refractivity contribution in [1.82, 2.24) is 34.7 Å². The third-order valence-corrected chi connectivity index (χ3v) is 8.56. The van der Waals surface area contributed by atoms with Crippen LogP contribution in [0.15, 0.2) is 18.7 Å². The summed E-state index contributed by atoms with van der Waals surface area (Å²) in [5.74, 6) is 0.0559. The quantitative estimate of drug-likeness (QED) is 0.364. The fraction of sp³-hybridized carbons (Fsp3) is 0.545. The van der Waals surface area contributed by atoms with E-state index >= 15 is 0 Å². The summed E-state index contributed by atoms with van der Waals surface area (Å²) >= 11 is 5.87. The van der Waals surface area contributed by atoms with Crippen molar-refractivity contribution in [3.8, 4) is 17.4 Å². The smallest absolute Gasteiger partial charge is 0.245 e. The summed E-state index contributed by atoms with van der Waals surface area (Å²) in [5, 5.41) is 7.73. The van der Waals surface area contributed by atoms with Crippen LogP contribution >= 0.6 is 11.6 Å². The Morgan fingerprint density at radius 2 is 1.73 bits per heavy atom. The first kappa shape index (κ1) is 27.1. The molecule has 0 radical (unpaired) electrons. The van der Waals surface area contributed by atoms with Gasteiger partial charge in [0.2, 0.25) is 11.8 Å². The van der Waals surface area contributed by atoms with Gasteiger partial charge in [-0.3, -0.25) is 4.57 Å². The zero-order valence-electron chi connectivity index (χ0n) is 20.7. The molecule has 1 aliphatic carbocycles. The summed E-state index contributed by atoms with van der Waals surface area (Å²) in [6, 6.07) is 0. The lowest BCUT2D eigenvalue weighted by Gasteiger charge is -2.22. The van der Waals surface area contributed by atoms with E-state index in [-0.39, 0.29) is 41.4 Å². The molecule has 4 atom stereocenters. The lowest BCUT2D eigenvalue weighted by molar-refractivity contribution is 0.0948. The zero-order valence-corrected chi connectivity index (χ0v) is 22.3. The molecule has 37 heavy (non-hydrogen) atoms. The van der Waals surface area contributed by atoms with Gasteiger partial charge in [-0.15, -0.1) is 10.2 Å². The number of nitrogens with zero attached hydrogens (tertiary/aromatic N) is 7. The van der Waals surface area contributed by atoms with E-state index in [0.717, 1.165) is 0 Å². The van der Waals surface area contributed by atoms with Crippen LogP contribution in [0.3, 0.4) is 0 Å². The lowest BCUT2D eigenvalue weighted by atomic mass is 10.1. The van der Waals surface area contributed by atoms with Gasteiger partial charge in [-0.1, -0.05) is 11.6 Å². The van der Waals surface area contributed by atoms with E-state index in [0.29, 0.717) is 23.7 Å². The number of methoxy groups -OCH3 is 3. The monoisotopic (exact) mass is 555 g/mol. The molecule has 15 heteroatoms. The molecule has 1 saturated carbocycles. The topological polar surface area (TPSA) is 144 Å². The molecule has 0 aromatic carbocycles. The molecule has 1 fully saturated rings. The molecule has 0 N–H and O–H groups in total. The zero-order chi connectivity index (χ0) is 26.7. The highest BCUT2D eigenvalue weighted by Crippen LogP contribution is 2.39. The summed E-state index contributed by atoms with van der Waals surface area (Å²) in [6.45, 7) is 1.50. The molecule has 0 unspecified atom stereocenters. The second kappa shape index (κ2) is 11.2. The van der Waals surface area contributed by atoms with Crippen molar-refractivity contribution < 1.29 is 27.0 Å². The first-order valence-electron chi connectivity index (χ1n) is 11.4. The molecule has 0 saturated heterocycles. The standard InChI is InChI=1S/C22H27ClFN7O5S/c1-12(18(34-2)19-25-8-14(23)9-26-19)37(32,33)10-16-29-30-20(13-5-6-15(24)7-13)31(16)17-21(35-3)27-11-28-22(17)36-4/h8-9,11-13,15,18H,5-7,10H2,1-4H3/t12-,13-,15+,18-/m0/s1. The average molecular weight is 556 g/mol. The molecule has 0 aliphatic heterocycles. The van der Waals surface area contributed by atoms with Crippen molar-refractivity contribution in [2.75, 3.05) is 21.3 Å². The van der Waals surface area contributed by atoms with Crippen LogP contribution in [0.4, 0.5) is 4.39 Å². The van der Waals surface area contributed by atoms with Gasteiger partial charge in [-0.2, -0.15) is 9.97 Å². The van der Waals surface area contributed by atoms with E-state index in [1.165, 1.54) is 51.5 Å². The van der Waals surface area contributed by atoms with Gasteiger partial charge in [0.1, 0.15) is 30.2 Å². The van der Waals surface area contributed by atoms with E-state index in [1.54, 1.807) is 0 Å². The van der Waals surface area contributed by atoms with Gasteiger partial charge in [0, 0.05) is 25.4 Å². The van der Waals surface area contributed by atoms with Crippen molar-refractivity contribution in [3.05, 3.63) is 41.2 Å². The Morgan fingerprint density at radius 1 is 1.08 bits per heavy atom. The number of halogens is 2. The summed E-state index contributed by atoms with van der Waals surface area (Å²) in [6.07, 6.45) is 3.17. The highest BCUT2D eigenvalue weighted by Gasteiger charge is 2.37. The number of alkyl halides is 1. The van der Waals surface area contributed by atoms with Crippen molar-refractivity contribution in [3.63, 3.8) is 0 Å². The number of rotatable bonds is 10. The molecule has 12 nitrogen and oxygen atoms in total.